The highest BCUT2D eigenvalue weighted by Gasteiger charge is 2.33. The minimum Gasteiger partial charge on any atom is -0.287 e. The van der Waals surface area contributed by atoms with Gasteiger partial charge in [0.25, 0.3) is 0 Å². The quantitative estimate of drug-likeness (QED) is 0.356. The molecule has 4 nitrogen and oxygen atoms in total. The van der Waals surface area contributed by atoms with Gasteiger partial charge in [0.05, 0.1) is 19.3 Å². The van der Waals surface area contributed by atoms with Crippen LogP contribution in [0, 0.1) is 11.8 Å². The van der Waals surface area contributed by atoms with Gasteiger partial charge in [-0.15, -0.1) is 0 Å². The lowest BCUT2D eigenvalue weighted by atomic mass is 9.97. The molecule has 0 amide bonds. The number of unbranched alkanes of at least 4 members (excludes halogenated alkanes) is 2. The molecule has 0 aromatic rings. The summed E-state index contributed by atoms with van der Waals surface area (Å²) in [5.41, 5.74) is 0. The molecule has 0 radical (unpaired) electrons. The molecule has 0 spiro atoms. The molecule has 122 valence electrons. The first-order chi connectivity index (χ1) is 9.36. The van der Waals surface area contributed by atoms with E-state index in [0.29, 0.717) is 13.2 Å². The van der Waals surface area contributed by atoms with Crippen molar-refractivity contribution in [1.82, 2.24) is 0 Å². The molecule has 0 atom stereocenters. The van der Waals surface area contributed by atoms with Gasteiger partial charge in [0.1, 0.15) is 0 Å². The molecule has 0 saturated carbocycles. The van der Waals surface area contributed by atoms with Crippen LogP contribution in [0.4, 0.5) is 0 Å². The molecule has 0 aliphatic rings. The van der Waals surface area contributed by atoms with Gasteiger partial charge in [-0.05, 0) is 24.7 Å². The zero-order valence-corrected chi connectivity index (χ0v) is 14.9. The lowest BCUT2D eigenvalue weighted by Gasteiger charge is -2.29. The predicted molar refractivity (Wildman–Crippen MR) is 83.9 cm³/mol. The standard InChI is InChI=1S/C15H33O4P/c1-7-9-11-17-20(16,18-12-10-8-2)19-15(13(3)4)14(5)6/h13-15H,7-12H2,1-6H3. The minimum atomic E-state index is -3.44. The second kappa shape index (κ2) is 10.8. The largest absolute Gasteiger partial charge is 0.475 e. The summed E-state index contributed by atoms with van der Waals surface area (Å²) >= 11 is 0. The molecule has 5 heteroatoms. The molecule has 0 saturated heterocycles. The first kappa shape index (κ1) is 20.1. The molecule has 0 fully saturated rings. The van der Waals surface area contributed by atoms with Crippen molar-refractivity contribution in [2.45, 2.75) is 73.3 Å². The topological polar surface area (TPSA) is 44.8 Å². The Labute approximate surface area is 125 Å². The van der Waals surface area contributed by atoms with Crippen molar-refractivity contribution < 1.29 is 18.1 Å². The Hall–Kier alpha value is 0.110. The van der Waals surface area contributed by atoms with E-state index in [-0.39, 0.29) is 17.9 Å². The van der Waals surface area contributed by atoms with Gasteiger partial charge in [-0.3, -0.25) is 13.6 Å². The van der Waals surface area contributed by atoms with Crippen LogP contribution in [0.1, 0.15) is 67.2 Å². The molecule has 0 aromatic carbocycles. The molecule has 0 N–H and O–H groups in total. The van der Waals surface area contributed by atoms with E-state index < -0.39 is 7.82 Å². The summed E-state index contributed by atoms with van der Waals surface area (Å²) in [5, 5.41) is 0. The third kappa shape index (κ3) is 8.41. The Morgan fingerprint density at radius 2 is 1.25 bits per heavy atom. The van der Waals surface area contributed by atoms with E-state index in [4.69, 9.17) is 13.6 Å². The fourth-order valence-corrected chi connectivity index (χ4v) is 3.59. The van der Waals surface area contributed by atoms with Crippen LogP contribution >= 0.6 is 7.82 Å². The van der Waals surface area contributed by atoms with Crippen molar-refractivity contribution in [3.05, 3.63) is 0 Å². The zero-order chi connectivity index (χ0) is 15.6. The van der Waals surface area contributed by atoms with Crippen molar-refractivity contribution >= 4 is 7.82 Å². The molecule has 0 rings (SSSR count). The average molecular weight is 308 g/mol. The van der Waals surface area contributed by atoms with Crippen LogP contribution in [0.2, 0.25) is 0 Å². The van der Waals surface area contributed by atoms with Gasteiger partial charge in [-0.25, -0.2) is 4.57 Å². The molecular formula is C15H33O4P. The van der Waals surface area contributed by atoms with Gasteiger partial charge in [0, 0.05) is 0 Å². The number of phosphoric acid groups is 1. The van der Waals surface area contributed by atoms with Crippen molar-refractivity contribution in [2.75, 3.05) is 13.2 Å². The van der Waals surface area contributed by atoms with Gasteiger partial charge < -0.3 is 0 Å². The molecule has 20 heavy (non-hydrogen) atoms. The Morgan fingerprint density at radius 3 is 1.55 bits per heavy atom. The number of hydrogen-bond donors (Lipinski definition) is 0. The SMILES string of the molecule is CCCCOP(=O)(OCCCC)OC(C(C)C)C(C)C. The van der Waals surface area contributed by atoms with E-state index in [2.05, 4.69) is 41.5 Å². The van der Waals surface area contributed by atoms with E-state index >= 15 is 0 Å². The lowest BCUT2D eigenvalue weighted by molar-refractivity contribution is 0.0343. The summed E-state index contributed by atoms with van der Waals surface area (Å²) in [5.74, 6) is 0.542. The smallest absolute Gasteiger partial charge is 0.287 e. The van der Waals surface area contributed by atoms with E-state index in [1.165, 1.54) is 0 Å². The fraction of sp³-hybridized carbons (Fsp3) is 1.00. The summed E-state index contributed by atoms with van der Waals surface area (Å²) in [6.07, 6.45) is 3.58. The maximum Gasteiger partial charge on any atom is 0.475 e. The maximum atomic E-state index is 12.7. The molecule has 0 aliphatic carbocycles. The highest BCUT2D eigenvalue weighted by molar-refractivity contribution is 7.48. The Balaban J connectivity index is 4.67. The third-order valence-corrected chi connectivity index (χ3v) is 4.56. The van der Waals surface area contributed by atoms with E-state index in [9.17, 15) is 4.57 Å². The lowest BCUT2D eigenvalue weighted by Crippen LogP contribution is -2.25. The van der Waals surface area contributed by atoms with Crippen LogP contribution in [-0.2, 0) is 18.1 Å². The molecule has 0 aromatic heterocycles. The van der Waals surface area contributed by atoms with Crippen LogP contribution in [0.25, 0.3) is 0 Å². The van der Waals surface area contributed by atoms with Gasteiger partial charge in [-0.2, -0.15) is 0 Å². The third-order valence-electron chi connectivity index (χ3n) is 3.06. The van der Waals surface area contributed by atoms with Crippen LogP contribution in [0.5, 0.6) is 0 Å². The Morgan fingerprint density at radius 1 is 0.850 bits per heavy atom. The summed E-state index contributed by atoms with van der Waals surface area (Å²) in [4.78, 5) is 0. The van der Waals surface area contributed by atoms with Crippen LogP contribution < -0.4 is 0 Å². The molecular weight excluding hydrogens is 275 g/mol. The zero-order valence-electron chi connectivity index (χ0n) is 14.1. The first-order valence-corrected chi connectivity index (χ1v) is 9.39. The fourth-order valence-electron chi connectivity index (χ4n) is 1.90. The van der Waals surface area contributed by atoms with Crippen molar-refractivity contribution in [3.63, 3.8) is 0 Å². The van der Waals surface area contributed by atoms with Crippen molar-refractivity contribution in [3.8, 4) is 0 Å². The Kier molecular flexibility index (Phi) is 10.8. The monoisotopic (exact) mass is 308 g/mol. The molecule has 0 heterocycles. The minimum absolute atomic E-state index is 0.121. The van der Waals surface area contributed by atoms with Gasteiger partial charge in [-0.1, -0.05) is 54.4 Å². The summed E-state index contributed by atoms with van der Waals surface area (Å²) < 4.78 is 29.4. The van der Waals surface area contributed by atoms with Gasteiger partial charge in [0.2, 0.25) is 0 Å². The van der Waals surface area contributed by atoms with Crippen molar-refractivity contribution in [2.24, 2.45) is 11.8 Å². The number of hydrogen-bond acceptors (Lipinski definition) is 4. The molecule has 0 aliphatic heterocycles. The summed E-state index contributed by atoms with van der Waals surface area (Å²) in [6.45, 7) is 13.2. The maximum absolute atomic E-state index is 12.7. The predicted octanol–water partition coefficient (Wildman–Crippen LogP) is 5.43. The van der Waals surface area contributed by atoms with Gasteiger partial charge >= 0.3 is 7.82 Å². The first-order valence-electron chi connectivity index (χ1n) is 7.93. The van der Waals surface area contributed by atoms with E-state index in [1.807, 2.05) is 0 Å². The normalized spacial score (nSPS) is 12.8. The van der Waals surface area contributed by atoms with Crippen LogP contribution in [0.3, 0.4) is 0 Å². The number of phosphoric ester groups is 1. The average Bonchev–Trinajstić information content (AvgIpc) is 2.36. The van der Waals surface area contributed by atoms with E-state index in [0.717, 1.165) is 25.7 Å². The van der Waals surface area contributed by atoms with Gasteiger partial charge in [0.15, 0.2) is 0 Å². The highest BCUT2D eigenvalue weighted by Crippen LogP contribution is 2.52. The highest BCUT2D eigenvalue weighted by atomic mass is 31.2. The van der Waals surface area contributed by atoms with Crippen molar-refractivity contribution in [1.29, 1.82) is 0 Å². The summed E-state index contributed by atoms with van der Waals surface area (Å²) in [7, 11) is -3.44. The molecule has 0 unspecified atom stereocenters. The van der Waals surface area contributed by atoms with Crippen LogP contribution in [-0.4, -0.2) is 19.3 Å². The molecule has 0 bridgehead atoms. The second-order valence-electron chi connectivity index (χ2n) is 5.88. The summed E-state index contributed by atoms with van der Waals surface area (Å²) in [6, 6.07) is 0. The number of rotatable bonds is 12. The van der Waals surface area contributed by atoms with Crippen LogP contribution in [0.15, 0.2) is 0 Å². The van der Waals surface area contributed by atoms with E-state index in [1.54, 1.807) is 0 Å². The second-order valence-corrected chi connectivity index (χ2v) is 7.50. The Bertz CT molecular complexity index is 257.